The van der Waals surface area contributed by atoms with Crippen LogP contribution in [-0.2, 0) is 6.54 Å². The minimum absolute atomic E-state index is 0.823. The molecule has 90 valence electrons. The van der Waals surface area contributed by atoms with Crippen molar-refractivity contribution in [1.82, 2.24) is 5.32 Å². The average molecular weight is 240 g/mol. The lowest BCUT2D eigenvalue weighted by atomic mass is 10.1. The fourth-order valence-corrected chi connectivity index (χ4v) is 1.98. The van der Waals surface area contributed by atoms with Crippen molar-refractivity contribution in [2.75, 3.05) is 6.54 Å². The number of hydrogen-bond acceptors (Lipinski definition) is 1. The molecule has 0 atom stereocenters. The number of unbranched alkanes of at least 4 members (excludes halogenated alkanes) is 3. The first-order valence-electron chi connectivity index (χ1n) is 6.19. The van der Waals surface area contributed by atoms with Gasteiger partial charge in [0.25, 0.3) is 0 Å². The minimum atomic E-state index is 0.823. The molecule has 0 saturated heterocycles. The first-order chi connectivity index (χ1) is 7.74. The largest absolute Gasteiger partial charge is 0.313 e. The molecule has 1 aromatic rings. The van der Waals surface area contributed by atoms with Gasteiger partial charge in [-0.3, -0.25) is 0 Å². The van der Waals surface area contributed by atoms with Crippen molar-refractivity contribution in [2.24, 2.45) is 0 Å². The Hall–Kier alpha value is -0.530. The predicted octanol–water partition coefficient (Wildman–Crippen LogP) is 4.32. The fourth-order valence-electron chi connectivity index (χ4n) is 1.76. The van der Waals surface area contributed by atoms with Crippen LogP contribution in [0.1, 0.15) is 43.7 Å². The molecule has 0 aliphatic rings. The Kier molecular flexibility index (Phi) is 6.51. The van der Waals surface area contributed by atoms with Crippen LogP contribution in [0.15, 0.2) is 18.2 Å². The molecule has 1 N–H and O–H groups in total. The number of benzene rings is 1. The van der Waals surface area contributed by atoms with Crippen LogP contribution in [0.4, 0.5) is 0 Å². The summed E-state index contributed by atoms with van der Waals surface area (Å²) in [6.07, 6.45) is 5.27. The van der Waals surface area contributed by atoms with Gasteiger partial charge >= 0.3 is 0 Å². The molecule has 0 aliphatic carbocycles. The first-order valence-corrected chi connectivity index (χ1v) is 6.57. The molecule has 1 nitrogen and oxygen atoms in total. The smallest absolute Gasteiger partial charge is 0.0408 e. The molecule has 0 bridgehead atoms. The van der Waals surface area contributed by atoms with Gasteiger partial charge in [-0.15, -0.1) is 0 Å². The molecule has 1 rings (SSSR count). The second-order valence-corrected chi connectivity index (χ2v) is 4.74. The van der Waals surface area contributed by atoms with Crippen molar-refractivity contribution in [1.29, 1.82) is 0 Å². The quantitative estimate of drug-likeness (QED) is 0.699. The Morgan fingerprint density at radius 1 is 1.19 bits per heavy atom. The van der Waals surface area contributed by atoms with Crippen molar-refractivity contribution in [2.45, 2.75) is 46.1 Å². The number of halogens is 1. The van der Waals surface area contributed by atoms with Crippen LogP contribution >= 0.6 is 11.6 Å². The van der Waals surface area contributed by atoms with Gasteiger partial charge in [-0.1, -0.05) is 43.9 Å². The highest BCUT2D eigenvalue weighted by Crippen LogP contribution is 2.14. The van der Waals surface area contributed by atoms with Crippen molar-refractivity contribution in [3.05, 3.63) is 34.3 Å². The lowest BCUT2D eigenvalue weighted by molar-refractivity contribution is 0.597. The summed E-state index contributed by atoms with van der Waals surface area (Å²) in [5, 5.41) is 4.30. The lowest BCUT2D eigenvalue weighted by Gasteiger charge is -2.08. The summed E-state index contributed by atoms with van der Waals surface area (Å²) in [7, 11) is 0. The third-order valence-electron chi connectivity index (χ3n) is 2.83. The average Bonchev–Trinajstić information content (AvgIpc) is 2.26. The van der Waals surface area contributed by atoms with Gasteiger partial charge in [-0.05, 0) is 43.1 Å². The summed E-state index contributed by atoms with van der Waals surface area (Å²) in [4.78, 5) is 0. The van der Waals surface area contributed by atoms with E-state index in [1.165, 1.54) is 36.8 Å². The molecular weight excluding hydrogens is 218 g/mol. The maximum Gasteiger partial charge on any atom is 0.0408 e. The number of hydrogen-bond donors (Lipinski definition) is 1. The van der Waals surface area contributed by atoms with Crippen LogP contribution < -0.4 is 5.32 Å². The van der Waals surface area contributed by atoms with Gasteiger partial charge in [0.1, 0.15) is 0 Å². The van der Waals surface area contributed by atoms with Crippen molar-refractivity contribution < 1.29 is 0 Å². The van der Waals surface area contributed by atoms with E-state index < -0.39 is 0 Å². The molecule has 1 aromatic carbocycles. The van der Waals surface area contributed by atoms with Crippen molar-refractivity contribution in [3.8, 4) is 0 Å². The van der Waals surface area contributed by atoms with Crippen LogP contribution in [0.2, 0.25) is 5.02 Å². The highest BCUT2D eigenvalue weighted by atomic mass is 35.5. The number of nitrogens with one attached hydrogen (secondary N) is 1. The van der Waals surface area contributed by atoms with E-state index in [0.717, 1.165) is 18.1 Å². The molecule has 0 amide bonds. The zero-order chi connectivity index (χ0) is 11.8. The van der Waals surface area contributed by atoms with E-state index in [4.69, 9.17) is 11.6 Å². The maximum atomic E-state index is 5.92. The zero-order valence-electron chi connectivity index (χ0n) is 10.4. The maximum absolute atomic E-state index is 5.92. The predicted molar refractivity (Wildman–Crippen MR) is 72.0 cm³/mol. The van der Waals surface area contributed by atoms with Crippen LogP contribution in [-0.4, -0.2) is 6.54 Å². The normalized spacial score (nSPS) is 10.7. The van der Waals surface area contributed by atoms with Crippen molar-refractivity contribution >= 4 is 11.6 Å². The van der Waals surface area contributed by atoms with E-state index in [9.17, 15) is 0 Å². The molecule has 0 spiro atoms. The van der Waals surface area contributed by atoms with E-state index in [2.05, 4.69) is 25.2 Å². The summed E-state index contributed by atoms with van der Waals surface area (Å²) in [6, 6.07) is 6.09. The van der Waals surface area contributed by atoms with Crippen LogP contribution in [0.25, 0.3) is 0 Å². The van der Waals surface area contributed by atoms with Crippen LogP contribution in [0.3, 0.4) is 0 Å². The number of aryl methyl sites for hydroxylation is 1. The highest BCUT2D eigenvalue weighted by Gasteiger charge is 1.98. The first kappa shape index (κ1) is 13.5. The van der Waals surface area contributed by atoms with E-state index in [1.807, 2.05) is 12.1 Å². The Morgan fingerprint density at radius 2 is 2.00 bits per heavy atom. The molecule has 0 saturated carbocycles. The highest BCUT2D eigenvalue weighted by molar-refractivity contribution is 6.30. The van der Waals surface area contributed by atoms with Gasteiger partial charge in [0.15, 0.2) is 0 Å². The summed E-state index contributed by atoms with van der Waals surface area (Å²) in [5.41, 5.74) is 2.62. The summed E-state index contributed by atoms with van der Waals surface area (Å²) in [6.45, 7) is 6.42. The number of rotatable bonds is 7. The van der Waals surface area contributed by atoms with Gasteiger partial charge < -0.3 is 5.32 Å². The lowest BCUT2D eigenvalue weighted by Crippen LogP contribution is -2.15. The molecule has 2 heteroatoms. The SMILES string of the molecule is CCCCCCNCc1ccc(Cl)cc1C. The molecule has 0 unspecified atom stereocenters. The molecule has 16 heavy (non-hydrogen) atoms. The molecule has 0 heterocycles. The van der Waals surface area contributed by atoms with E-state index >= 15 is 0 Å². The van der Waals surface area contributed by atoms with Gasteiger partial charge in [0.05, 0.1) is 0 Å². The second kappa shape index (κ2) is 7.70. The van der Waals surface area contributed by atoms with Crippen molar-refractivity contribution in [3.63, 3.8) is 0 Å². The Labute approximate surface area is 104 Å². The zero-order valence-corrected chi connectivity index (χ0v) is 11.1. The molecule has 0 radical (unpaired) electrons. The standard InChI is InChI=1S/C14H22ClN/c1-3-4-5-6-9-16-11-13-7-8-14(15)10-12(13)2/h7-8,10,16H,3-6,9,11H2,1-2H3. The summed E-state index contributed by atoms with van der Waals surface area (Å²) in [5.74, 6) is 0. The second-order valence-electron chi connectivity index (χ2n) is 4.31. The molecule has 0 fully saturated rings. The topological polar surface area (TPSA) is 12.0 Å². The third-order valence-corrected chi connectivity index (χ3v) is 3.06. The Bertz CT molecular complexity index is 310. The van der Waals surface area contributed by atoms with E-state index in [1.54, 1.807) is 0 Å². The van der Waals surface area contributed by atoms with Gasteiger partial charge in [0, 0.05) is 11.6 Å². The molecular formula is C14H22ClN. The Morgan fingerprint density at radius 3 is 2.69 bits per heavy atom. The van der Waals surface area contributed by atoms with Crippen LogP contribution in [0, 0.1) is 6.92 Å². The third kappa shape index (κ3) is 5.00. The van der Waals surface area contributed by atoms with E-state index in [-0.39, 0.29) is 0 Å². The van der Waals surface area contributed by atoms with Gasteiger partial charge in [-0.25, -0.2) is 0 Å². The molecule has 0 aliphatic heterocycles. The minimum Gasteiger partial charge on any atom is -0.313 e. The van der Waals surface area contributed by atoms with Gasteiger partial charge in [0.2, 0.25) is 0 Å². The van der Waals surface area contributed by atoms with Crippen LogP contribution in [0.5, 0.6) is 0 Å². The fraction of sp³-hybridized carbons (Fsp3) is 0.571. The summed E-state index contributed by atoms with van der Waals surface area (Å²) >= 11 is 5.92. The monoisotopic (exact) mass is 239 g/mol. The molecule has 0 aromatic heterocycles. The van der Waals surface area contributed by atoms with E-state index in [0.29, 0.717) is 0 Å². The Balaban J connectivity index is 2.21. The summed E-state index contributed by atoms with van der Waals surface area (Å²) < 4.78 is 0. The van der Waals surface area contributed by atoms with Gasteiger partial charge in [-0.2, -0.15) is 0 Å².